The molecule has 2 heterocycles. The molecule has 1 N–H and O–H groups in total. The number of aromatic nitrogens is 3. The van der Waals surface area contributed by atoms with Crippen molar-refractivity contribution in [1.82, 2.24) is 19.7 Å². The zero-order chi connectivity index (χ0) is 11.8. The summed E-state index contributed by atoms with van der Waals surface area (Å²) in [7, 11) is 0. The van der Waals surface area contributed by atoms with Crippen LogP contribution in [-0.4, -0.2) is 52.4 Å². The molecule has 94 valence electrons. The van der Waals surface area contributed by atoms with Gasteiger partial charge in [0, 0.05) is 32.2 Å². The second-order valence-electron chi connectivity index (χ2n) is 4.85. The number of likely N-dealkylation sites (N-methyl/N-ethyl adjacent to an activating group) is 1. The van der Waals surface area contributed by atoms with Gasteiger partial charge in [0.05, 0.1) is 0 Å². The first-order valence-electron chi connectivity index (χ1n) is 6.44. The van der Waals surface area contributed by atoms with Crippen molar-refractivity contribution in [1.29, 1.82) is 0 Å². The Kier molecular flexibility index (Phi) is 2.92. The van der Waals surface area contributed by atoms with Gasteiger partial charge in [-0.1, -0.05) is 6.92 Å². The predicted molar refractivity (Wildman–Crippen MR) is 70.0 cm³/mol. The molecule has 0 atom stereocenters. The number of hydrogen-bond acceptors (Lipinski definition) is 4. The Morgan fingerprint density at radius 1 is 1.29 bits per heavy atom. The minimum Gasteiger partial charge on any atom is -0.338 e. The van der Waals surface area contributed by atoms with Crippen LogP contribution in [0.3, 0.4) is 0 Å². The van der Waals surface area contributed by atoms with Crippen LogP contribution in [0, 0.1) is 4.77 Å². The van der Waals surface area contributed by atoms with Gasteiger partial charge in [-0.25, -0.2) is 5.10 Å². The van der Waals surface area contributed by atoms with Crippen LogP contribution >= 0.6 is 12.2 Å². The molecule has 5 nitrogen and oxygen atoms in total. The molecule has 2 fully saturated rings. The summed E-state index contributed by atoms with van der Waals surface area (Å²) in [5.74, 6) is 1.05. The summed E-state index contributed by atoms with van der Waals surface area (Å²) in [5, 5.41) is 7.35. The minimum absolute atomic E-state index is 0.598. The fraction of sp³-hybridized carbons (Fsp3) is 0.818. The van der Waals surface area contributed by atoms with Crippen LogP contribution in [-0.2, 0) is 0 Å². The van der Waals surface area contributed by atoms with Crippen LogP contribution in [0.1, 0.15) is 25.8 Å². The summed E-state index contributed by atoms with van der Waals surface area (Å²) >= 11 is 5.31. The van der Waals surface area contributed by atoms with E-state index < -0.39 is 0 Å². The maximum atomic E-state index is 5.31. The smallest absolute Gasteiger partial charge is 0.226 e. The third-order valence-corrected chi connectivity index (χ3v) is 3.99. The van der Waals surface area contributed by atoms with E-state index in [0.29, 0.717) is 6.04 Å². The highest BCUT2D eigenvalue weighted by atomic mass is 32.1. The fourth-order valence-electron chi connectivity index (χ4n) is 2.45. The molecule has 0 spiro atoms. The van der Waals surface area contributed by atoms with Gasteiger partial charge in [0.2, 0.25) is 5.95 Å². The molecular formula is C11H19N5S. The maximum absolute atomic E-state index is 5.31. The molecule has 0 unspecified atom stereocenters. The third kappa shape index (κ3) is 2.11. The van der Waals surface area contributed by atoms with E-state index in [9.17, 15) is 0 Å². The minimum atomic E-state index is 0.598. The van der Waals surface area contributed by atoms with E-state index in [-0.39, 0.29) is 0 Å². The number of nitrogens with zero attached hydrogens (tertiary/aromatic N) is 4. The normalized spacial score (nSPS) is 22.1. The van der Waals surface area contributed by atoms with Gasteiger partial charge in [-0.2, -0.15) is 0 Å². The zero-order valence-electron chi connectivity index (χ0n) is 10.2. The average molecular weight is 253 g/mol. The highest BCUT2D eigenvalue weighted by Crippen LogP contribution is 2.37. The lowest BCUT2D eigenvalue weighted by Gasteiger charge is -2.34. The van der Waals surface area contributed by atoms with E-state index in [4.69, 9.17) is 12.2 Å². The van der Waals surface area contributed by atoms with E-state index >= 15 is 0 Å². The molecule has 3 rings (SSSR count). The lowest BCUT2D eigenvalue weighted by molar-refractivity contribution is 0.269. The Labute approximate surface area is 106 Å². The van der Waals surface area contributed by atoms with E-state index in [1.165, 1.54) is 12.8 Å². The summed E-state index contributed by atoms with van der Waals surface area (Å²) in [6.07, 6.45) is 2.49. The monoisotopic (exact) mass is 253 g/mol. The molecule has 1 aromatic heterocycles. The Balaban J connectivity index is 1.78. The molecule has 1 aromatic rings. The quantitative estimate of drug-likeness (QED) is 0.827. The largest absolute Gasteiger partial charge is 0.338 e. The molecular weight excluding hydrogens is 234 g/mol. The topological polar surface area (TPSA) is 40.1 Å². The molecule has 0 bridgehead atoms. The molecule has 1 saturated heterocycles. The molecule has 1 aliphatic heterocycles. The van der Waals surface area contributed by atoms with E-state index in [1.54, 1.807) is 0 Å². The number of H-pyrrole nitrogens is 1. The van der Waals surface area contributed by atoms with Crippen molar-refractivity contribution < 1.29 is 0 Å². The van der Waals surface area contributed by atoms with Crippen molar-refractivity contribution >= 4 is 18.2 Å². The zero-order valence-corrected chi connectivity index (χ0v) is 11.0. The molecule has 17 heavy (non-hydrogen) atoms. The highest BCUT2D eigenvalue weighted by molar-refractivity contribution is 7.71. The highest BCUT2D eigenvalue weighted by Gasteiger charge is 2.30. The Morgan fingerprint density at radius 3 is 2.59 bits per heavy atom. The number of hydrogen-bond donors (Lipinski definition) is 1. The van der Waals surface area contributed by atoms with Gasteiger partial charge in [-0.05, 0) is 31.6 Å². The molecule has 0 amide bonds. The maximum Gasteiger partial charge on any atom is 0.226 e. The Bertz CT molecular complexity index is 439. The average Bonchev–Trinajstić information content (AvgIpc) is 3.13. The van der Waals surface area contributed by atoms with Gasteiger partial charge < -0.3 is 9.80 Å². The Morgan fingerprint density at radius 2 is 2.00 bits per heavy atom. The van der Waals surface area contributed by atoms with Crippen LogP contribution in [0.5, 0.6) is 0 Å². The van der Waals surface area contributed by atoms with Crippen molar-refractivity contribution in [2.45, 2.75) is 25.8 Å². The van der Waals surface area contributed by atoms with Crippen molar-refractivity contribution in [3.8, 4) is 0 Å². The molecule has 1 aliphatic carbocycles. The molecule has 6 heteroatoms. The van der Waals surface area contributed by atoms with Gasteiger partial charge in [0.25, 0.3) is 0 Å². The molecule has 0 aromatic carbocycles. The molecule has 1 saturated carbocycles. The molecule has 0 radical (unpaired) electrons. The predicted octanol–water partition coefficient (Wildman–Crippen LogP) is 1.42. The summed E-state index contributed by atoms with van der Waals surface area (Å²) in [4.78, 5) is 4.83. The van der Waals surface area contributed by atoms with Crippen LogP contribution in [0.15, 0.2) is 0 Å². The first-order chi connectivity index (χ1) is 8.29. The van der Waals surface area contributed by atoms with Gasteiger partial charge in [-0.15, -0.1) is 5.10 Å². The molecule has 2 aliphatic rings. The number of nitrogens with one attached hydrogen (secondary N) is 1. The van der Waals surface area contributed by atoms with Gasteiger partial charge in [0.15, 0.2) is 4.77 Å². The summed E-state index contributed by atoms with van der Waals surface area (Å²) < 4.78 is 2.98. The summed E-state index contributed by atoms with van der Waals surface area (Å²) in [6, 6.07) is 0.598. The summed E-state index contributed by atoms with van der Waals surface area (Å²) in [5.41, 5.74) is 0. The number of rotatable bonds is 3. The standard InChI is InChI=1S/C11H19N5S/c1-2-14-5-7-15(8-6-14)10-12-13-11(17)16(10)9-3-4-9/h9H,2-8H2,1H3,(H,13,17). The van der Waals surface area contributed by atoms with Crippen molar-refractivity contribution in [2.24, 2.45) is 0 Å². The number of aromatic amines is 1. The second kappa shape index (κ2) is 4.42. The number of piperazine rings is 1. The third-order valence-electron chi connectivity index (χ3n) is 3.70. The lowest BCUT2D eigenvalue weighted by Crippen LogP contribution is -2.47. The van der Waals surface area contributed by atoms with E-state index in [2.05, 4.69) is 31.5 Å². The van der Waals surface area contributed by atoms with Gasteiger partial charge >= 0.3 is 0 Å². The van der Waals surface area contributed by atoms with Crippen LogP contribution in [0.2, 0.25) is 0 Å². The van der Waals surface area contributed by atoms with Gasteiger partial charge in [0.1, 0.15) is 0 Å². The first-order valence-corrected chi connectivity index (χ1v) is 6.84. The van der Waals surface area contributed by atoms with Crippen LogP contribution in [0.25, 0.3) is 0 Å². The van der Waals surface area contributed by atoms with Crippen LogP contribution in [0.4, 0.5) is 5.95 Å². The lowest BCUT2D eigenvalue weighted by atomic mass is 10.3. The summed E-state index contributed by atoms with van der Waals surface area (Å²) in [6.45, 7) is 7.72. The van der Waals surface area contributed by atoms with Crippen molar-refractivity contribution in [2.75, 3.05) is 37.6 Å². The SMILES string of the molecule is CCN1CCN(c2n[nH]c(=S)n2C2CC2)CC1. The van der Waals surface area contributed by atoms with E-state index in [1.807, 2.05) is 0 Å². The van der Waals surface area contributed by atoms with E-state index in [0.717, 1.165) is 43.4 Å². The fourth-order valence-corrected chi connectivity index (χ4v) is 2.72. The second-order valence-corrected chi connectivity index (χ2v) is 5.24. The first kappa shape index (κ1) is 11.2. The van der Waals surface area contributed by atoms with Gasteiger partial charge in [-0.3, -0.25) is 4.57 Å². The van der Waals surface area contributed by atoms with Crippen LogP contribution < -0.4 is 4.90 Å². The Hall–Kier alpha value is -0.880. The van der Waals surface area contributed by atoms with Crippen molar-refractivity contribution in [3.05, 3.63) is 4.77 Å². The number of anilines is 1. The van der Waals surface area contributed by atoms with Crippen molar-refractivity contribution in [3.63, 3.8) is 0 Å².